The third-order valence-corrected chi connectivity index (χ3v) is 5.55. The van der Waals surface area contributed by atoms with Crippen LogP contribution in [0.2, 0.25) is 0 Å². The summed E-state index contributed by atoms with van der Waals surface area (Å²) in [5, 5.41) is 11.5. The van der Waals surface area contributed by atoms with Crippen LogP contribution in [0.5, 0.6) is 11.5 Å². The van der Waals surface area contributed by atoms with Gasteiger partial charge in [0.25, 0.3) is 0 Å². The molecule has 0 saturated heterocycles. The summed E-state index contributed by atoms with van der Waals surface area (Å²) in [6.45, 7) is 7.08. The van der Waals surface area contributed by atoms with E-state index in [1.807, 2.05) is 6.92 Å². The van der Waals surface area contributed by atoms with E-state index in [-0.39, 0.29) is 6.61 Å². The number of hydrogen-bond acceptors (Lipinski definition) is 5. The van der Waals surface area contributed by atoms with Crippen LogP contribution in [0, 0.1) is 13.8 Å². The molecule has 5 nitrogen and oxygen atoms in total. The highest BCUT2D eigenvalue weighted by Gasteiger charge is 2.30. The molecule has 1 unspecified atom stereocenters. The van der Waals surface area contributed by atoms with Crippen molar-refractivity contribution in [2.24, 2.45) is 0 Å². The summed E-state index contributed by atoms with van der Waals surface area (Å²) in [4.78, 5) is 11.5. The number of benzene rings is 2. The summed E-state index contributed by atoms with van der Waals surface area (Å²) in [5.41, 5.74) is -0.163. The Kier molecular flexibility index (Phi) is 7.29. The average molecular weight is 475 g/mol. The predicted octanol–water partition coefficient (Wildman–Crippen LogP) is 5.85. The molecule has 0 amide bonds. The van der Waals surface area contributed by atoms with Gasteiger partial charge in [0.15, 0.2) is 0 Å². The molecule has 8 heteroatoms. The van der Waals surface area contributed by atoms with Crippen LogP contribution in [0.3, 0.4) is 0 Å². The first-order chi connectivity index (χ1) is 15.9. The number of rotatable bonds is 9. The van der Waals surface area contributed by atoms with Gasteiger partial charge in [-0.2, -0.15) is 13.2 Å². The largest absolute Gasteiger partial charge is 0.546 e. The number of alkyl halides is 3. The fourth-order valence-electron chi connectivity index (χ4n) is 3.53. The van der Waals surface area contributed by atoms with E-state index < -0.39 is 23.3 Å². The Morgan fingerprint density at radius 1 is 1.06 bits per heavy atom. The average Bonchev–Trinajstić information content (AvgIpc) is 3.14. The highest BCUT2D eigenvalue weighted by Crippen LogP contribution is 2.33. The fraction of sp³-hybridized carbons (Fsp3) is 0.346. The molecule has 0 aliphatic rings. The van der Waals surface area contributed by atoms with Crippen molar-refractivity contribution in [2.75, 3.05) is 0 Å². The van der Waals surface area contributed by atoms with Crippen molar-refractivity contribution in [3.8, 4) is 22.8 Å². The first-order valence-corrected chi connectivity index (χ1v) is 10.8. The maximum absolute atomic E-state index is 12.8. The van der Waals surface area contributed by atoms with Crippen LogP contribution in [-0.4, -0.2) is 11.6 Å². The van der Waals surface area contributed by atoms with Crippen LogP contribution in [0.1, 0.15) is 49.1 Å². The van der Waals surface area contributed by atoms with Crippen molar-refractivity contribution < 1.29 is 37.0 Å². The summed E-state index contributed by atoms with van der Waals surface area (Å²) >= 11 is 0. The van der Waals surface area contributed by atoms with Crippen LogP contribution >= 0.6 is 0 Å². The van der Waals surface area contributed by atoms with E-state index in [1.165, 1.54) is 19.1 Å². The molecule has 182 valence electrons. The third kappa shape index (κ3) is 5.73. The molecular formula is C26H26F3O5-. The molecule has 0 bridgehead atoms. The van der Waals surface area contributed by atoms with E-state index in [9.17, 15) is 23.1 Å². The number of carbonyl (C=O) groups is 1. The summed E-state index contributed by atoms with van der Waals surface area (Å²) in [5.74, 6) is 0.746. The fourth-order valence-corrected chi connectivity index (χ4v) is 3.53. The Bertz CT molecular complexity index is 1150. The minimum Gasteiger partial charge on any atom is -0.546 e. The smallest absolute Gasteiger partial charge is 0.416 e. The summed E-state index contributed by atoms with van der Waals surface area (Å²) in [6, 6.07) is 11.6. The minimum absolute atomic E-state index is 0.183. The number of hydrogen-bond donors (Lipinski definition) is 0. The maximum atomic E-state index is 12.8. The van der Waals surface area contributed by atoms with Crippen molar-refractivity contribution >= 4 is 5.97 Å². The first kappa shape index (κ1) is 25.2. The number of halogens is 3. The predicted molar refractivity (Wildman–Crippen MR) is 118 cm³/mol. The molecular weight excluding hydrogens is 449 g/mol. The number of carboxylic acids is 1. The molecule has 0 aliphatic carbocycles. The van der Waals surface area contributed by atoms with Crippen molar-refractivity contribution in [1.29, 1.82) is 0 Å². The van der Waals surface area contributed by atoms with Gasteiger partial charge in [-0.25, -0.2) is 0 Å². The topological polar surface area (TPSA) is 71.7 Å². The van der Waals surface area contributed by atoms with Crippen molar-refractivity contribution in [3.05, 3.63) is 71.0 Å². The summed E-state index contributed by atoms with van der Waals surface area (Å²) in [7, 11) is 0. The van der Waals surface area contributed by atoms with Crippen molar-refractivity contribution in [3.63, 3.8) is 0 Å². The SMILES string of the molecule is CCCC(C)(Oc1ccc(OCc2cc(-c3ccc(C(F)(F)F)cc3)oc2C)cc1C)C(=O)[O-]. The molecule has 2 aromatic carbocycles. The molecule has 0 fully saturated rings. The number of furan rings is 1. The zero-order chi connectivity index (χ0) is 25.1. The lowest BCUT2D eigenvalue weighted by Crippen LogP contribution is -2.50. The monoisotopic (exact) mass is 475 g/mol. The molecule has 0 spiro atoms. The van der Waals surface area contributed by atoms with Gasteiger partial charge in [-0.1, -0.05) is 25.5 Å². The van der Waals surface area contributed by atoms with E-state index in [2.05, 4.69) is 0 Å². The van der Waals surface area contributed by atoms with E-state index in [4.69, 9.17) is 13.9 Å². The van der Waals surface area contributed by atoms with Gasteiger partial charge in [0.2, 0.25) is 0 Å². The maximum Gasteiger partial charge on any atom is 0.416 e. The Hall–Kier alpha value is -3.42. The molecule has 34 heavy (non-hydrogen) atoms. The number of aliphatic carboxylic acids is 1. The minimum atomic E-state index is -4.39. The normalized spacial score (nSPS) is 13.4. The Morgan fingerprint density at radius 2 is 1.74 bits per heavy atom. The Balaban J connectivity index is 1.70. The first-order valence-electron chi connectivity index (χ1n) is 10.8. The van der Waals surface area contributed by atoms with Crippen LogP contribution in [0.4, 0.5) is 13.2 Å². The molecule has 1 atom stereocenters. The van der Waals surface area contributed by atoms with Crippen molar-refractivity contribution in [1.82, 2.24) is 0 Å². The zero-order valence-electron chi connectivity index (χ0n) is 19.4. The Morgan fingerprint density at radius 3 is 2.29 bits per heavy atom. The van der Waals surface area contributed by atoms with Gasteiger partial charge in [0, 0.05) is 11.1 Å². The van der Waals surface area contributed by atoms with Gasteiger partial charge < -0.3 is 23.8 Å². The number of ether oxygens (including phenoxy) is 2. The molecule has 1 heterocycles. The lowest BCUT2D eigenvalue weighted by atomic mass is 10.0. The third-order valence-electron chi connectivity index (χ3n) is 5.55. The van der Waals surface area contributed by atoms with Crippen LogP contribution in [0.25, 0.3) is 11.3 Å². The van der Waals surface area contributed by atoms with E-state index >= 15 is 0 Å². The molecule has 1 aromatic heterocycles. The van der Waals surface area contributed by atoms with Crippen LogP contribution in [0.15, 0.2) is 52.9 Å². The highest BCUT2D eigenvalue weighted by atomic mass is 19.4. The second-order valence-electron chi connectivity index (χ2n) is 8.35. The van der Waals surface area contributed by atoms with Gasteiger partial charge in [0.05, 0.1) is 11.5 Å². The van der Waals surface area contributed by atoms with Crippen molar-refractivity contribution in [2.45, 2.75) is 58.9 Å². The molecule has 0 N–H and O–H groups in total. The molecule has 3 rings (SSSR count). The van der Waals surface area contributed by atoms with Gasteiger partial charge in [-0.3, -0.25) is 0 Å². The van der Waals surface area contributed by atoms with Gasteiger partial charge in [0.1, 0.15) is 35.2 Å². The lowest BCUT2D eigenvalue weighted by molar-refractivity contribution is -0.321. The quantitative estimate of drug-likeness (QED) is 0.388. The van der Waals surface area contributed by atoms with E-state index in [0.29, 0.717) is 47.0 Å². The van der Waals surface area contributed by atoms with E-state index in [1.54, 1.807) is 38.1 Å². The second kappa shape index (κ2) is 9.83. The van der Waals surface area contributed by atoms with Crippen LogP contribution in [-0.2, 0) is 17.6 Å². The van der Waals surface area contributed by atoms with Gasteiger partial charge >= 0.3 is 6.18 Å². The summed E-state index contributed by atoms with van der Waals surface area (Å²) in [6.07, 6.45) is -3.45. The number of aryl methyl sites for hydroxylation is 2. The second-order valence-corrected chi connectivity index (χ2v) is 8.35. The van der Waals surface area contributed by atoms with Crippen LogP contribution < -0.4 is 14.6 Å². The number of carbonyl (C=O) groups excluding carboxylic acids is 1. The molecule has 0 saturated carbocycles. The highest BCUT2D eigenvalue weighted by molar-refractivity contribution is 5.75. The molecule has 0 aliphatic heterocycles. The molecule has 3 aromatic rings. The summed E-state index contributed by atoms with van der Waals surface area (Å²) < 4.78 is 55.7. The van der Waals surface area contributed by atoms with E-state index in [0.717, 1.165) is 17.7 Å². The lowest BCUT2D eigenvalue weighted by Gasteiger charge is -2.32. The Labute approximate surface area is 196 Å². The standard InChI is InChI=1S/C26H27F3O5/c1-5-12-25(4,24(30)31)34-22-11-10-21(13-16(22)2)32-15-19-14-23(33-17(19)3)18-6-8-20(9-7-18)26(27,28)29/h6-11,13-14H,5,12,15H2,1-4H3,(H,30,31)/p-1. The van der Waals surface area contributed by atoms with Gasteiger partial charge in [-0.15, -0.1) is 0 Å². The van der Waals surface area contributed by atoms with Gasteiger partial charge in [-0.05, 0) is 69.2 Å². The zero-order valence-corrected chi connectivity index (χ0v) is 19.4. The molecule has 0 radical (unpaired) electrons. The number of carboxylic acid groups (broad SMARTS) is 1.